The molecule has 3 aliphatic rings. The van der Waals surface area contributed by atoms with Gasteiger partial charge in [0.1, 0.15) is 11.6 Å². The first-order valence-corrected chi connectivity index (χ1v) is 10.3. The summed E-state index contributed by atoms with van der Waals surface area (Å²) in [7, 11) is 0. The van der Waals surface area contributed by atoms with Crippen LogP contribution in [0.25, 0.3) is 0 Å². The normalized spacial score (nSPS) is 29.9. The SMILES string of the molecule is Cc1cc(F)cc(C(=O)NC[C@H]2[C@H]3CN(c4cc(C)ccn4)C[C@]34CC[C@H]2O4)c1. The Morgan fingerprint density at radius 2 is 2.17 bits per heavy atom. The number of nitrogens with one attached hydrogen (secondary N) is 1. The lowest BCUT2D eigenvalue weighted by Gasteiger charge is -2.29. The Hall–Kier alpha value is -2.47. The predicted molar refractivity (Wildman–Crippen MR) is 108 cm³/mol. The van der Waals surface area contributed by atoms with E-state index in [9.17, 15) is 9.18 Å². The van der Waals surface area contributed by atoms with E-state index >= 15 is 0 Å². The topological polar surface area (TPSA) is 54.5 Å². The molecule has 3 fully saturated rings. The summed E-state index contributed by atoms with van der Waals surface area (Å²) in [6.45, 7) is 6.18. The van der Waals surface area contributed by atoms with E-state index in [2.05, 4.69) is 28.2 Å². The fraction of sp³-hybridized carbons (Fsp3) is 0.478. The van der Waals surface area contributed by atoms with Crippen molar-refractivity contribution in [2.24, 2.45) is 11.8 Å². The van der Waals surface area contributed by atoms with Crippen LogP contribution in [0.3, 0.4) is 0 Å². The van der Waals surface area contributed by atoms with Gasteiger partial charge in [0.2, 0.25) is 0 Å². The van der Waals surface area contributed by atoms with Gasteiger partial charge in [-0.05, 0) is 68.1 Å². The summed E-state index contributed by atoms with van der Waals surface area (Å²) in [6, 6.07) is 8.57. The summed E-state index contributed by atoms with van der Waals surface area (Å²) in [6.07, 6.45) is 4.15. The van der Waals surface area contributed by atoms with E-state index in [1.165, 1.54) is 17.7 Å². The van der Waals surface area contributed by atoms with Gasteiger partial charge in [0.05, 0.1) is 11.7 Å². The van der Waals surface area contributed by atoms with Crippen LogP contribution in [0, 0.1) is 31.5 Å². The quantitative estimate of drug-likeness (QED) is 0.864. The summed E-state index contributed by atoms with van der Waals surface area (Å²) in [5.74, 6) is 1.04. The molecule has 3 aliphatic heterocycles. The van der Waals surface area contributed by atoms with Crippen LogP contribution in [0.1, 0.15) is 34.3 Å². The van der Waals surface area contributed by atoms with E-state index in [0.29, 0.717) is 18.0 Å². The molecule has 1 aromatic heterocycles. The van der Waals surface area contributed by atoms with Crippen LogP contribution in [0.15, 0.2) is 36.5 Å². The molecule has 29 heavy (non-hydrogen) atoms. The number of anilines is 1. The molecular formula is C23H26FN3O2. The lowest BCUT2D eigenvalue weighted by atomic mass is 9.73. The molecule has 3 saturated heterocycles. The summed E-state index contributed by atoms with van der Waals surface area (Å²) in [4.78, 5) is 19.5. The van der Waals surface area contributed by atoms with Gasteiger partial charge in [-0.2, -0.15) is 0 Å². The first-order valence-electron chi connectivity index (χ1n) is 10.3. The van der Waals surface area contributed by atoms with Gasteiger partial charge < -0.3 is 15.0 Å². The van der Waals surface area contributed by atoms with E-state index < -0.39 is 0 Å². The minimum atomic E-state index is -0.380. The number of ether oxygens (including phenoxy) is 1. The second-order valence-electron chi connectivity index (χ2n) is 8.83. The Kier molecular flexibility index (Phi) is 4.35. The molecule has 152 valence electrons. The maximum Gasteiger partial charge on any atom is 0.251 e. The van der Waals surface area contributed by atoms with Crippen LogP contribution in [-0.2, 0) is 4.74 Å². The van der Waals surface area contributed by atoms with Gasteiger partial charge in [-0.25, -0.2) is 9.37 Å². The summed E-state index contributed by atoms with van der Waals surface area (Å²) >= 11 is 0. The van der Waals surface area contributed by atoms with Gasteiger partial charge in [0.15, 0.2) is 0 Å². The van der Waals surface area contributed by atoms with E-state index in [-0.39, 0.29) is 29.3 Å². The standard InChI is InChI=1S/C23H26FN3O2/c1-14-4-6-25-21(9-14)27-12-19-18(20-3-5-23(19,13-27)29-20)11-26-22(28)16-7-15(2)8-17(24)10-16/h4,6-10,18-20H,3,5,11-13H2,1-2H3,(H,26,28)/t18-,19+,20+,23+/m0/s1. The number of rotatable bonds is 4. The number of hydrogen-bond donors (Lipinski definition) is 1. The Labute approximate surface area is 170 Å². The molecule has 5 nitrogen and oxygen atoms in total. The highest BCUT2D eigenvalue weighted by Gasteiger charge is 2.63. The summed E-state index contributed by atoms with van der Waals surface area (Å²) in [5, 5.41) is 3.03. The van der Waals surface area contributed by atoms with Crippen LogP contribution < -0.4 is 10.2 Å². The predicted octanol–water partition coefficient (Wildman–Crippen LogP) is 3.25. The third-order valence-corrected chi connectivity index (χ3v) is 6.81. The molecule has 2 bridgehead atoms. The van der Waals surface area contributed by atoms with Crippen LogP contribution in [0.5, 0.6) is 0 Å². The number of fused-ring (bicyclic) bond motifs is 1. The number of halogens is 1. The number of amides is 1. The number of aryl methyl sites for hydroxylation is 2. The lowest BCUT2D eigenvalue weighted by molar-refractivity contribution is 0.0141. The number of pyridine rings is 1. The van der Waals surface area contributed by atoms with Crippen molar-refractivity contribution >= 4 is 11.7 Å². The van der Waals surface area contributed by atoms with Crippen molar-refractivity contribution in [3.8, 4) is 0 Å². The van der Waals surface area contributed by atoms with E-state index in [1.807, 2.05) is 12.3 Å². The van der Waals surface area contributed by atoms with Crippen molar-refractivity contribution < 1.29 is 13.9 Å². The van der Waals surface area contributed by atoms with Crippen LogP contribution in [0.2, 0.25) is 0 Å². The zero-order valence-corrected chi connectivity index (χ0v) is 16.8. The van der Waals surface area contributed by atoms with E-state index in [0.717, 1.165) is 37.3 Å². The van der Waals surface area contributed by atoms with Gasteiger partial charge in [0.25, 0.3) is 5.91 Å². The number of benzene rings is 1. The Morgan fingerprint density at radius 1 is 1.31 bits per heavy atom. The molecule has 0 radical (unpaired) electrons. The monoisotopic (exact) mass is 395 g/mol. The molecule has 0 aliphatic carbocycles. The Morgan fingerprint density at radius 3 is 2.97 bits per heavy atom. The zero-order chi connectivity index (χ0) is 20.2. The van der Waals surface area contributed by atoms with E-state index in [1.54, 1.807) is 13.0 Å². The minimum Gasteiger partial charge on any atom is -0.369 e. The van der Waals surface area contributed by atoms with Crippen LogP contribution >= 0.6 is 0 Å². The lowest BCUT2D eigenvalue weighted by Crippen LogP contribution is -2.41. The molecule has 1 spiro atoms. The highest BCUT2D eigenvalue weighted by atomic mass is 19.1. The van der Waals surface area contributed by atoms with Crippen molar-refractivity contribution in [2.75, 3.05) is 24.5 Å². The largest absolute Gasteiger partial charge is 0.369 e. The molecule has 2 aromatic rings. The van der Waals surface area contributed by atoms with Gasteiger partial charge in [-0.1, -0.05) is 0 Å². The Balaban J connectivity index is 1.30. The number of nitrogens with zero attached hydrogens (tertiary/aromatic N) is 2. The molecular weight excluding hydrogens is 369 g/mol. The van der Waals surface area contributed by atoms with Gasteiger partial charge in [0, 0.05) is 43.2 Å². The molecule has 4 atom stereocenters. The molecule has 0 unspecified atom stereocenters. The van der Waals surface area contributed by atoms with E-state index in [4.69, 9.17) is 4.74 Å². The third kappa shape index (κ3) is 3.19. The average Bonchev–Trinajstić information content (AvgIpc) is 3.34. The fourth-order valence-corrected chi connectivity index (χ4v) is 5.51. The second kappa shape index (κ2) is 6.80. The Bertz CT molecular complexity index is 945. The number of carbonyl (C=O) groups is 1. The molecule has 1 amide bonds. The molecule has 1 N–H and O–H groups in total. The molecule has 0 saturated carbocycles. The highest BCUT2D eigenvalue weighted by molar-refractivity contribution is 5.94. The molecule has 4 heterocycles. The maximum absolute atomic E-state index is 13.6. The summed E-state index contributed by atoms with van der Waals surface area (Å²) < 4.78 is 20.1. The van der Waals surface area contributed by atoms with Crippen molar-refractivity contribution in [1.82, 2.24) is 10.3 Å². The van der Waals surface area contributed by atoms with Gasteiger partial charge in [-0.15, -0.1) is 0 Å². The molecule has 6 heteroatoms. The highest BCUT2D eigenvalue weighted by Crippen LogP contribution is 2.55. The maximum atomic E-state index is 13.6. The zero-order valence-electron chi connectivity index (χ0n) is 16.8. The first kappa shape index (κ1) is 18.6. The van der Waals surface area contributed by atoms with Crippen LogP contribution in [-0.4, -0.2) is 42.2 Å². The van der Waals surface area contributed by atoms with Crippen molar-refractivity contribution in [2.45, 2.75) is 38.4 Å². The van der Waals surface area contributed by atoms with Crippen molar-refractivity contribution in [3.63, 3.8) is 0 Å². The number of hydrogen-bond acceptors (Lipinski definition) is 4. The van der Waals surface area contributed by atoms with Crippen molar-refractivity contribution in [3.05, 3.63) is 59.0 Å². The molecule has 5 rings (SSSR count). The van der Waals surface area contributed by atoms with Crippen LogP contribution in [0.4, 0.5) is 10.2 Å². The summed E-state index contributed by atoms with van der Waals surface area (Å²) in [5.41, 5.74) is 2.19. The minimum absolute atomic E-state index is 0.124. The van der Waals surface area contributed by atoms with Crippen molar-refractivity contribution in [1.29, 1.82) is 0 Å². The number of carbonyl (C=O) groups excluding carboxylic acids is 1. The third-order valence-electron chi connectivity index (χ3n) is 6.81. The van der Waals surface area contributed by atoms with Gasteiger partial charge in [-0.3, -0.25) is 4.79 Å². The first-order chi connectivity index (χ1) is 13.9. The van der Waals surface area contributed by atoms with Gasteiger partial charge >= 0.3 is 0 Å². The smallest absolute Gasteiger partial charge is 0.251 e. The average molecular weight is 395 g/mol. The fourth-order valence-electron chi connectivity index (χ4n) is 5.51. The molecule has 1 aromatic carbocycles. The number of aromatic nitrogens is 1. The second-order valence-corrected chi connectivity index (χ2v) is 8.83.